The van der Waals surface area contributed by atoms with Gasteiger partial charge in [-0.1, -0.05) is 0 Å². The van der Waals surface area contributed by atoms with E-state index in [1.807, 2.05) is 0 Å². The quantitative estimate of drug-likeness (QED) is 0.364. The third-order valence-corrected chi connectivity index (χ3v) is 5.28. The Labute approximate surface area is 200 Å². The maximum absolute atomic E-state index is 13.1. The van der Waals surface area contributed by atoms with Crippen LogP contribution in [-0.2, 0) is 4.74 Å². The highest BCUT2D eigenvalue weighted by Crippen LogP contribution is 2.34. The Morgan fingerprint density at radius 2 is 1.66 bits per heavy atom. The number of anilines is 2. The molecule has 0 atom stereocenters. The van der Waals surface area contributed by atoms with Crippen LogP contribution in [0.2, 0.25) is 0 Å². The molecule has 4 aromatic rings. The number of carbonyl (C=O) groups is 2. The van der Waals surface area contributed by atoms with Crippen molar-refractivity contribution in [3.05, 3.63) is 84.3 Å². The molecule has 0 radical (unpaired) electrons. The highest BCUT2D eigenvalue weighted by atomic mass is 19.1. The second-order valence-electron chi connectivity index (χ2n) is 7.46. The lowest BCUT2D eigenvalue weighted by molar-refractivity contribution is 0.0597. The summed E-state index contributed by atoms with van der Waals surface area (Å²) < 4.78 is 29.3. The van der Waals surface area contributed by atoms with E-state index in [0.29, 0.717) is 39.5 Å². The molecule has 0 fully saturated rings. The number of carbonyl (C=O) groups excluding carboxylic acids is 2. The second-order valence-corrected chi connectivity index (χ2v) is 7.46. The summed E-state index contributed by atoms with van der Waals surface area (Å²) in [4.78, 5) is 30.4. The van der Waals surface area contributed by atoms with Gasteiger partial charge in [0.1, 0.15) is 28.6 Å². The monoisotopic (exact) mass is 475 g/mol. The molecule has 3 aromatic carbocycles. The van der Waals surface area contributed by atoms with E-state index >= 15 is 0 Å². The van der Waals surface area contributed by atoms with Crippen LogP contribution in [0.25, 0.3) is 10.9 Å². The fraction of sp³-hybridized carbons (Fsp3) is 0.115. The third kappa shape index (κ3) is 5.14. The number of nitrogens with one attached hydrogen (secondary N) is 1. The molecule has 0 spiro atoms. The molecule has 1 N–H and O–H groups in total. The molecule has 2 amide bonds. The predicted octanol–water partition coefficient (Wildman–Crippen LogP) is 5.63. The van der Waals surface area contributed by atoms with Gasteiger partial charge in [0.25, 0.3) is 0 Å². The number of pyridine rings is 1. The molecule has 1 aromatic heterocycles. The molecule has 8 nitrogen and oxygen atoms in total. The summed E-state index contributed by atoms with van der Waals surface area (Å²) in [7, 11) is 4.38. The van der Waals surface area contributed by atoms with E-state index in [9.17, 15) is 14.0 Å². The van der Waals surface area contributed by atoms with Gasteiger partial charge in [-0.3, -0.25) is 9.88 Å². The number of amides is 2. The Bertz CT molecular complexity index is 1370. The summed E-state index contributed by atoms with van der Waals surface area (Å²) in [6, 6.07) is 17.0. The van der Waals surface area contributed by atoms with E-state index in [1.165, 1.54) is 43.4 Å². The number of halogens is 1. The molecular weight excluding hydrogens is 453 g/mol. The van der Waals surface area contributed by atoms with Crippen molar-refractivity contribution in [1.29, 1.82) is 0 Å². The summed E-state index contributed by atoms with van der Waals surface area (Å²) in [5.41, 5.74) is 1.94. The van der Waals surface area contributed by atoms with Crippen molar-refractivity contribution in [1.82, 2.24) is 4.98 Å². The van der Waals surface area contributed by atoms with E-state index < -0.39 is 5.97 Å². The van der Waals surface area contributed by atoms with Crippen LogP contribution < -0.4 is 19.7 Å². The number of urea groups is 1. The van der Waals surface area contributed by atoms with E-state index in [2.05, 4.69) is 10.3 Å². The van der Waals surface area contributed by atoms with E-state index in [-0.39, 0.29) is 17.4 Å². The summed E-state index contributed by atoms with van der Waals surface area (Å²) in [6.07, 6.45) is 1.59. The van der Waals surface area contributed by atoms with Crippen molar-refractivity contribution in [3.8, 4) is 17.2 Å². The molecule has 178 valence electrons. The van der Waals surface area contributed by atoms with Gasteiger partial charge in [0.15, 0.2) is 0 Å². The van der Waals surface area contributed by atoms with E-state index in [1.54, 1.807) is 55.7 Å². The molecule has 0 aliphatic carbocycles. The number of aromatic nitrogens is 1. The Balaban J connectivity index is 1.54. The number of rotatable bonds is 6. The lowest BCUT2D eigenvalue weighted by atomic mass is 10.1. The van der Waals surface area contributed by atoms with Gasteiger partial charge in [0.2, 0.25) is 0 Å². The first-order valence-corrected chi connectivity index (χ1v) is 10.5. The highest BCUT2D eigenvalue weighted by molar-refractivity contribution is 6.01. The zero-order valence-corrected chi connectivity index (χ0v) is 19.2. The fourth-order valence-corrected chi connectivity index (χ4v) is 3.40. The largest absolute Gasteiger partial charge is 0.496 e. The van der Waals surface area contributed by atoms with E-state index in [4.69, 9.17) is 14.2 Å². The average molecular weight is 475 g/mol. The fourth-order valence-electron chi connectivity index (χ4n) is 3.40. The van der Waals surface area contributed by atoms with Crippen molar-refractivity contribution in [3.63, 3.8) is 0 Å². The van der Waals surface area contributed by atoms with Crippen LogP contribution in [0.5, 0.6) is 17.2 Å². The number of methoxy groups -OCH3 is 2. The van der Waals surface area contributed by atoms with Crippen molar-refractivity contribution < 1.29 is 28.2 Å². The number of hydrogen-bond donors (Lipinski definition) is 1. The minimum Gasteiger partial charge on any atom is -0.496 e. The Kier molecular flexibility index (Phi) is 6.77. The van der Waals surface area contributed by atoms with Gasteiger partial charge in [-0.2, -0.15) is 0 Å². The Morgan fingerprint density at radius 3 is 2.31 bits per heavy atom. The number of benzene rings is 3. The van der Waals surface area contributed by atoms with Crippen LogP contribution >= 0.6 is 0 Å². The zero-order chi connectivity index (χ0) is 24.9. The number of hydrogen-bond acceptors (Lipinski definition) is 6. The van der Waals surface area contributed by atoms with Gasteiger partial charge in [-0.25, -0.2) is 14.0 Å². The lowest BCUT2D eigenvalue weighted by Crippen LogP contribution is -2.31. The van der Waals surface area contributed by atoms with Crippen molar-refractivity contribution in [2.45, 2.75) is 0 Å². The van der Waals surface area contributed by atoms with Gasteiger partial charge in [-0.15, -0.1) is 0 Å². The minimum atomic E-state index is -0.537. The summed E-state index contributed by atoms with van der Waals surface area (Å²) in [6.45, 7) is 0. The SMILES string of the molecule is COC(=O)c1cc2c(Oc3ccc(N(C)C(=O)Nc4ccc(F)cc4)cc3)ccnc2cc1OC. The first-order valence-electron chi connectivity index (χ1n) is 10.5. The average Bonchev–Trinajstić information content (AvgIpc) is 2.89. The summed E-state index contributed by atoms with van der Waals surface area (Å²) in [5.74, 6) is 0.432. The number of ether oxygens (including phenoxy) is 3. The van der Waals surface area contributed by atoms with Gasteiger partial charge in [0.05, 0.1) is 19.7 Å². The summed E-state index contributed by atoms with van der Waals surface area (Å²) >= 11 is 0. The zero-order valence-electron chi connectivity index (χ0n) is 19.2. The molecule has 35 heavy (non-hydrogen) atoms. The molecule has 1 heterocycles. The molecule has 0 saturated heterocycles. The van der Waals surface area contributed by atoms with Gasteiger partial charge in [0, 0.05) is 36.1 Å². The lowest BCUT2D eigenvalue weighted by Gasteiger charge is -2.18. The topological polar surface area (TPSA) is 90.0 Å². The van der Waals surface area contributed by atoms with Crippen LogP contribution in [-0.4, -0.2) is 38.3 Å². The minimum absolute atomic E-state index is 0.254. The smallest absolute Gasteiger partial charge is 0.341 e. The van der Waals surface area contributed by atoms with Crippen LogP contribution in [0, 0.1) is 5.82 Å². The molecule has 0 unspecified atom stereocenters. The molecule has 0 aliphatic heterocycles. The predicted molar refractivity (Wildman–Crippen MR) is 130 cm³/mol. The molecule has 0 bridgehead atoms. The van der Waals surface area contributed by atoms with E-state index in [0.717, 1.165) is 0 Å². The van der Waals surface area contributed by atoms with Crippen LogP contribution in [0.1, 0.15) is 10.4 Å². The van der Waals surface area contributed by atoms with Crippen LogP contribution in [0.3, 0.4) is 0 Å². The van der Waals surface area contributed by atoms with Crippen molar-refractivity contribution >= 4 is 34.3 Å². The molecule has 9 heteroatoms. The first kappa shape index (κ1) is 23.5. The van der Waals surface area contributed by atoms with Gasteiger partial charge < -0.3 is 19.5 Å². The highest BCUT2D eigenvalue weighted by Gasteiger charge is 2.17. The Morgan fingerprint density at radius 1 is 0.943 bits per heavy atom. The molecular formula is C26H22FN3O5. The normalized spacial score (nSPS) is 10.5. The molecule has 4 rings (SSSR count). The maximum Gasteiger partial charge on any atom is 0.341 e. The number of esters is 1. The standard InChI is InChI=1S/C26H22FN3O5/c1-30(26(32)29-17-6-4-16(27)5-7-17)18-8-10-19(11-9-18)35-23-12-13-28-22-15-24(33-2)21(14-20(22)23)25(31)34-3/h4-15H,1-3H3,(H,29,32). The second kappa shape index (κ2) is 10.1. The third-order valence-electron chi connectivity index (χ3n) is 5.28. The van der Waals surface area contributed by atoms with Crippen LogP contribution in [0.4, 0.5) is 20.6 Å². The number of fused-ring (bicyclic) bond motifs is 1. The van der Waals surface area contributed by atoms with Gasteiger partial charge >= 0.3 is 12.0 Å². The summed E-state index contributed by atoms with van der Waals surface area (Å²) in [5, 5.41) is 3.31. The first-order chi connectivity index (χ1) is 16.9. The van der Waals surface area contributed by atoms with Crippen LogP contribution in [0.15, 0.2) is 72.9 Å². The Hall–Kier alpha value is -4.66. The molecule has 0 saturated carbocycles. The van der Waals surface area contributed by atoms with Crippen molar-refractivity contribution in [2.75, 3.05) is 31.5 Å². The van der Waals surface area contributed by atoms with Gasteiger partial charge in [-0.05, 0) is 60.7 Å². The molecule has 0 aliphatic rings. The number of nitrogens with zero attached hydrogens (tertiary/aromatic N) is 2. The maximum atomic E-state index is 13.1. The van der Waals surface area contributed by atoms with Crippen molar-refractivity contribution in [2.24, 2.45) is 0 Å².